The van der Waals surface area contributed by atoms with Crippen molar-refractivity contribution in [2.75, 3.05) is 38.2 Å². The maximum Gasteiger partial charge on any atom is 0.469 e. The van der Waals surface area contributed by atoms with Crippen molar-refractivity contribution in [3.8, 4) is 16.9 Å². The van der Waals surface area contributed by atoms with Crippen LogP contribution in [0.25, 0.3) is 11.1 Å². The SMILES string of the molecule is CCN(CCCOc1ccc(-c2cccc(S(=O)(=O)C3CC3)c2)c2c1Nc1ncc(C)cc1C2)CCOP(=O)(O)O. The molecule has 0 unspecified atom stereocenters. The van der Waals surface area contributed by atoms with Gasteiger partial charge < -0.3 is 24.7 Å². The number of pyridine rings is 1. The van der Waals surface area contributed by atoms with Gasteiger partial charge in [-0.05, 0) is 78.7 Å². The molecule has 5 rings (SSSR count). The second kappa shape index (κ2) is 12.2. The van der Waals surface area contributed by atoms with Gasteiger partial charge in [-0.15, -0.1) is 0 Å². The van der Waals surface area contributed by atoms with Gasteiger partial charge in [0, 0.05) is 25.7 Å². The molecule has 0 spiro atoms. The number of benzene rings is 2. The molecule has 1 aliphatic carbocycles. The first-order valence-electron chi connectivity index (χ1n) is 13.8. The van der Waals surface area contributed by atoms with Crippen molar-refractivity contribution in [1.29, 1.82) is 0 Å². The quantitative estimate of drug-likeness (QED) is 0.144. The molecule has 0 atom stereocenters. The fourth-order valence-electron chi connectivity index (χ4n) is 5.12. The molecule has 12 heteroatoms. The average Bonchev–Trinajstić information content (AvgIpc) is 3.79. The molecule has 3 aromatic rings. The minimum atomic E-state index is -4.47. The van der Waals surface area contributed by atoms with Crippen molar-refractivity contribution < 1.29 is 32.0 Å². The summed E-state index contributed by atoms with van der Waals surface area (Å²) in [6.07, 6.45) is 4.59. The lowest BCUT2D eigenvalue weighted by Crippen LogP contribution is -2.29. The molecule has 41 heavy (non-hydrogen) atoms. The summed E-state index contributed by atoms with van der Waals surface area (Å²) >= 11 is 0. The molecule has 10 nitrogen and oxygen atoms in total. The largest absolute Gasteiger partial charge is 0.491 e. The van der Waals surface area contributed by atoms with Crippen LogP contribution in [-0.4, -0.2) is 66.2 Å². The number of nitrogens with zero attached hydrogens (tertiary/aromatic N) is 2. The zero-order valence-electron chi connectivity index (χ0n) is 23.2. The molecule has 1 saturated carbocycles. The van der Waals surface area contributed by atoms with Crippen LogP contribution >= 0.6 is 7.82 Å². The highest BCUT2D eigenvalue weighted by atomic mass is 32.2. The van der Waals surface area contributed by atoms with E-state index < -0.39 is 17.7 Å². The second-order valence-electron chi connectivity index (χ2n) is 10.5. The van der Waals surface area contributed by atoms with Crippen LogP contribution in [0.2, 0.25) is 0 Å². The van der Waals surface area contributed by atoms with E-state index in [0.29, 0.717) is 49.7 Å². The van der Waals surface area contributed by atoms with Gasteiger partial charge in [-0.2, -0.15) is 0 Å². The molecule has 1 fully saturated rings. The second-order valence-corrected chi connectivity index (χ2v) is 14.0. The van der Waals surface area contributed by atoms with E-state index in [1.54, 1.807) is 12.1 Å². The lowest BCUT2D eigenvalue weighted by atomic mass is 9.90. The van der Waals surface area contributed by atoms with Gasteiger partial charge in [0.15, 0.2) is 9.84 Å². The summed E-state index contributed by atoms with van der Waals surface area (Å²) in [5.41, 5.74) is 5.76. The van der Waals surface area contributed by atoms with E-state index in [1.807, 2.05) is 49.2 Å². The summed E-state index contributed by atoms with van der Waals surface area (Å²) < 4.78 is 47.6. The third kappa shape index (κ3) is 7.17. The van der Waals surface area contributed by atoms with Crippen LogP contribution in [0.4, 0.5) is 11.5 Å². The van der Waals surface area contributed by atoms with E-state index >= 15 is 0 Å². The molecule has 3 N–H and O–H groups in total. The van der Waals surface area contributed by atoms with Gasteiger partial charge in [-0.1, -0.05) is 31.2 Å². The fraction of sp³-hybridized carbons (Fsp3) is 0.414. The maximum absolute atomic E-state index is 13.0. The Morgan fingerprint density at radius 1 is 1.12 bits per heavy atom. The van der Waals surface area contributed by atoms with Gasteiger partial charge in [-0.25, -0.2) is 18.0 Å². The molecule has 220 valence electrons. The van der Waals surface area contributed by atoms with E-state index in [0.717, 1.165) is 52.2 Å². The first kappa shape index (κ1) is 29.7. The van der Waals surface area contributed by atoms with Crippen LogP contribution in [0.3, 0.4) is 0 Å². The van der Waals surface area contributed by atoms with Crippen LogP contribution < -0.4 is 10.1 Å². The lowest BCUT2D eigenvalue weighted by molar-refractivity contribution is 0.159. The molecule has 2 aromatic carbocycles. The molecular weight excluding hydrogens is 565 g/mol. The molecule has 0 saturated heterocycles. The molecule has 1 aromatic heterocycles. The number of rotatable bonds is 13. The van der Waals surface area contributed by atoms with E-state index in [4.69, 9.17) is 14.5 Å². The average molecular weight is 602 g/mol. The molecule has 0 radical (unpaired) electrons. The number of aryl methyl sites for hydroxylation is 1. The van der Waals surface area contributed by atoms with Crippen molar-refractivity contribution in [1.82, 2.24) is 9.88 Å². The van der Waals surface area contributed by atoms with E-state index in [1.165, 1.54) is 0 Å². The highest BCUT2D eigenvalue weighted by molar-refractivity contribution is 7.92. The van der Waals surface area contributed by atoms with E-state index in [-0.39, 0.29) is 11.9 Å². The van der Waals surface area contributed by atoms with Gasteiger partial charge in [0.25, 0.3) is 0 Å². The van der Waals surface area contributed by atoms with E-state index in [9.17, 15) is 13.0 Å². The normalized spacial score (nSPS) is 14.9. The fourth-order valence-corrected chi connectivity index (χ4v) is 7.14. The van der Waals surface area contributed by atoms with Gasteiger partial charge in [0.1, 0.15) is 11.6 Å². The smallest absolute Gasteiger partial charge is 0.469 e. The Labute approximate surface area is 240 Å². The zero-order valence-corrected chi connectivity index (χ0v) is 25.0. The highest BCUT2D eigenvalue weighted by Crippen LogP contribution is 2.44. The first-order chi connectivity index (χ1) is 19.5. The summed E-state index contributed by atoms with van der Waals surface area (Å²) in [4.78, 5) is 24.8. The molecule has 0 amide bonds. The third-order valence-corrected chi connectivity index (χ3v) is 10.2. The first-order valence-corrected chi connectivity index (χ1v) is 16.9. The van der Waals surface area contributed by atoms with Crippen molar-refractivity contribution in [3.05, 3.63) is 65.4 Å². The summed E-state index contributed by atoms with van der Waals surface area (Å²) in [5, 5.41) is 3.20. The Morgan fingerprint density at radius 3 is 2.66 bits per heavy atom. The van der Waals surface area contributed by atoms with Gasteiger partial charge >= 0.3 is 7.82 Å². The number of phosphoric acid groups is 1. The summed E-state index contributed by atoms with van der Waals surface area (Å²) in [6, 6.07) is 13.2. The maximum atomic E-state index is 13.0. The predicted octanol–water partition coefficient (Wildman–Crippen LogP) is 4.84. The van der Waals surface area contributed by atoms with Crippen molar-refractivity contribution in [2.24, 2.45) is 0 Å². The van der Waals surface area contributed by atoms with Gasteiger partial charge in [-0.3, -0.25) is 4.52 Å². The number of hydrogen-bond acceptors (Lipinski definition) is 8. The molecule has 2 heterocycles. The van der Waals surface area contributed by atoms with Crippen LogP contribution in [0.1, 0.15) is 42.9 Å². The zero-order chi connectivity index (χ0) is 29.2. The Kier molecular flexibility index (Phi) is 8.84. The number of ether oxygens (including phenoxy) is 1. The Balaban J connectivity index is 1.36. The summed E-state index contributed by atoms with van der Waals surface area (Å²) in [5.74, 6) is 1.46. The number of fused-ring (bicyclic) bond motifs is 2. The van der Waals surface area contributed by atoms with Crippen LogP contribution in [0, 0.1) is 6.92 Å². The number of nitrogens with one attached hydrogen (secondary N) is 1. The molecule has 1 aliphatic heterocycles. The third-order valence-electron chi connectivity index (χ3n) is 7.42. The number of aromatic nitrogens is 1. The van der Waals surface area contributed by atoms with Crippen LogP contribution in [-0.2, 0) is 25.3 Å². The predicted molar refractivity (Wildman–Crippen MR) is 157 cm³/mol. The highest BCUT2D eigenvalue weighted by Gasteiger charge is 2.37. The Bertz CT molecular complexity index is 1570. The molecular formula is C29H36N3O7PS. The lowest BCUT2D eigenvalue weighted by Gasteiger charge is -2.26. The van der Waals surface area contributed by atoms with Crippen LogP contribution in [0.5, 0.6) is 5.75 Å². The van der Waals surface area contributed by atoms with E-state index in [2.05, 4.69) is 20.9 Å². The molecule has 0 bridgehead atoms. The number of anilines is 2. The topological polar surface area (TPSA) is 138 Å². The van der Waals surface area contributed by atoms with Crippen molar-refractivity contribution >= 4 is 29.2 Å². The number of phosphoric ester groups is 1. The Morgan fingerprint density at radius 2 is 1.93 bits per heavy atom. The Hall–Kier alpha value is -2.79. The minimum Gasteiger partial charge on any atom is -0.491 e. The van der Waals surface area contributed by atoms with Gasteiger partial charge in [0.2, 0.25) is 0 Å². The standard InChI is InChI=1S/C29H36N3O7PS/c1-3-32(13-15-39-40(33,34)35)12-5-14-38-27-11-10-25(21-6-4-7-24(17-21)41(36,37)23-8-9-23)26-18-22-16-20(2)19-30-29(22)31-28(26)27/h4,6-7,10-11,16-17,19,23H,3,5,8-9,12-15,18H2,1-2H3,(H,30,31)(H2,33,34,35). The molecule has 2 aliphatic rings. The van der Waals surface area contributed by atoms with Crippen molar-refractivity contribution in [3.63, 3.8) is 0 Å². The monoisotopic (exact) mass is 601 g/mol. The number of likely N-dealkylation sites (N-methyl/N-ethyl adjacent to an activating group) is 1. The summed E-state index contributed by atoms with van der Waals surface area (Å²) in [6.45, 7) is 6.18. The van der Waals surface area contributed by atoms with Gasteiger partial charge in [0.05, 0.1) is 29.0 Å². The number of sulfone groups is 1. The minimum absolute atomic E-state index is 0.0487. The number of hydrogen-bond donors (Lipinski definition) is 3. The summed E-state index contributed by atoms with van der Waals surface area (Å²) in [7, 11) is -7.79. The van der Waals surface area contributed by atoms with Crippen molar-refractivity contribution in [2.45, 2.75) is 49.7 Å². The van der Waals surface area contributed by atoms with Crippen LogP contribution in [0.15, 0.2) is 53.6 Å².